The quantitative estimate of drug-likeness (QED) is 0.305. The number of aromatic hydroxyl groups is 2. The van der Waals surface area contributed by atoms with Gasteiger partial charge in [-0.15, -0.1) is 0 Å². The fourth-order valence-corrected chi connectivity index (χ4v) is 5.54. The van der Waals surface area contributed by atoms with E-state index in [9.17, 15) is 24.9 Å². The number of carboxylic acids is 1. The standard InChI is InChI=1S/C27H38N4O7/c1-2-3-11-29(12-4-10-28)25(34)16-30-15-19(18-5-6-21-22(14-18)38-17-37-21)26(27(35)36)20(30)9-13-31-23(32)7-8-24(31)33/h5-8,14,19-20,26,32-33H,2-4,9-13,15-17,28H2,1H3,(H,35,36)/t19-,20+,26-/m1/s1. The molecule has 1 fully saturated rings. The maximum atomic E-state index is 13.4. The largest absolute Gasteiger partial charge is 0.494 e. The number of fused-ring (bicyclic) bond motifs is 1. The number of carbonyl (C=O) groups excluding carboxylic acids is 1. The van der Waals surface area contributed by atoms with Crippen LogP contribution in [0.25, 0.3) is 0 Å². The molecule has 1 amide bonds. The Morgan fingerprint density at radius 1 is 1.08 bits per heavy atom. The zero-order valence-corrected chi connectivity index (χ0v) is 21.8. The summed E-state index contributed by atoms with van der Waals surface area (Å²) in [6.07, 6.45) is 2.85. The zero-order valence-electron chi connectivity index (χ0n) is 21.8. The van der Waals surface area contributed by atoms with Gasteiger partial charge in [0.1, 0.15) is 0 Å². The fourth-order valence-electron chi connectivity index (χ4n) is 5.54. The number of benzene rings is 1. The van der Waals surface area contributed by atoms with E-state index in [1.165, 1.54) is 16.7 Å². The first-order valence-electron chi connectivity index (χ1n) is 13.3. The van der Waals surface area contributed by atoms with Gasteiger partial charge in [0.15, 0.2) is 23.3 Å². The predicted molar refractivity (Wildman–Crippen MR) is 139 cm³/mol. The Morgan fingerprint density at radius 2 is 1.79 bits per heavy atom. The molecule has 38 heavy (non-hydrogen) atoms. The molecular formula is C27H38N4O7. The van der Waals surface area contributed by atoms with Crippen LogP contribution < -0.4 is 15.2 Å². The van der Waals surface area contributed by atoms with Crippen LogP contribution in [0.2, 0.25) is 0 Å². The van der Waals surface area contributed by atoms with E-state index in [0.717, 1.165) is 18.4 Å². The number of hydrogen-bond donors (Lipinski definition) is 4. The number of nitrogens with zero attached hydrogens (tertiary/aromatic N) is 3. The zero-order chi connectivity index (χ0) is 27.2. The van der Waals surface area contributed by atoms with Crippen LogP contribution in [0, 0.1) is 5.92 Å². The third-order valence-electron chi connectivity index (χ3n) is 7.55. The summed E-state index contributed by atoms with van der Waals surface area (Å²) >= 11 is 0. The molecule has 1 saturated heterocycles. The minimum Gasteiger partial charge on any atom is -0.494 e. The number of carboxylic acid groups (broad SMARTS) is 1. The van der Waals surface area contributed by atoms with Crippen LogP contribution in [0.15, 0.2) is 30.3 Å². The van der Waals surface area contributed by atoms with Crippen molar-refractivity contribution in [3.63, 3.8) is 0 Å². The monoisotopic (exact) mass is 530 g/mol. The third kappa shape index (κ3) is 5.99. The molecule has 0 radical (unpaired) electrons. The van der Waals surface area contributed by atoms with Gasteiger partial charge in [-0.05, 0) is 43.5 Å². The van der Waals surface area contributed by atoms with Gasteiger partial charge in [0.25, 0.3) is 0 Å². The second-order valence-electron chi connectivity index (χ2n) is 9.95. The molecule has 1 aromatic heterocycles. The number of rotatable bonds is 13. The summed E-state index contributed by atoms with van der Waals surface area (Å²) in [6, 6.07) is 7.74. The minimum atomic E-state index is -0.959. The van der Waals surface area contributed by atoms with E-state index in [1.807, 2.05) is 21.9 Å². The molecule has 11 nitrogen and oxygen atoms in total. The van der Waals surface area contributed by atoms with Crippen LogP contribution in [-0.4, -0.2) is 87.1 Å². The Kier molecular flexibility index (Phi) is 9.01. The second-order valence-corrected chi connectivity index (χ2v) is 9.95. The van der Waals surface area contributed by atoms with Crippen LogP contribution in [0.5, 0.6) is 23.3 Å². The number of unbranched alkanes of at least 4 members (excludes halogenated alkanes) is 1. The Morgan fingerprint density at radius 3 is 2.47 bits per heavy atom. The van der Waals surface area contributed by atoms with Gasteiger partial charge in [0.2, 0.25) is 12.7 Å². The van der Waals surface area contributed by atoms with Gasteiger partial charge in [-0.2, -0.15) is 0 Å². The Bertz CT molecular complexity index is 1090. The molecule has 0 bridgehead atoms. The SMILES string of the molecule is CCCCN(CCCN)C(=O)CN1C[C@H](c2ccc3c(c2)OCO3)[C@@H](C(=O)O)[C@@H]1CCn1c(O)ccc1O. The molecule has 4 rings (SSSR count). The van der Waals surface area contributed by atoms with Crippen molar-refractivity contribution in [2.75, 3.05) is 39.5 Å². The topological polar surface area (TPSA) is 151 Å². The van der Waals surface area contributed by atoms with Gasteiger partial charge in [-0.25, -0.2) is 0 Å². The molecule has 5 N–H and O–H groups in total. The van der Waals surface area contributed by atoms with E-state index in [2.05, 4.69) is 6.92 Å². The molecule has 11 heteroatoms. The van der Waals surface area contributed by atoms with E-state index in [0.29, 0.717) is 50.5 Å². The summed E-state index contributed by atoms with van der Waals surface area (Å²) in [7, 11) is 0. The molecule has 0 unspecified atom stereocenters. The molecule has 2 aromatic rings. The van der Waals surface area contributed by atoms with Crippen LogP contribution in [0.1, 0.15) is 44.1 Å². The summed E-state index contributed by atoms with van der Waals surface area (Å²) in [4.78, 5) is 29.9. The van der Waals surface area contributed by atoms with Crippen LogP contribution in [0.4, 0.5) is 0 Å². The lowest BCUT2D eigenvalue weighted by Gasteiger charge is -2.30. The van der Waals surface area contributed by atoms with Gasteiger partial charge < -0.3 is 35.4 Å². The van der Waals surface area contributed by atoms with Crippen molar-refractivity contribution < 1.29 is 34.4 Å². The first-order valence-corrected chi connectivity index (χ1v) is 13.3. The Hall–Kier alpha value is -3.44. The van der Waals surface area contributed by atoms with Crippen molar-refractivity contribution in [1.82, 2.24) is 14.4 Å². The molecule has 0 saturated carbocycles. The van der Waals surface area contributed by atoms with Crippen molar-refractivity contribution in [1.29, 1.82) is 0 Å². The van der Waals surface area contributed by atoms with Crippen molar-refractivity contribution in [3.8, 4) is 23.3 Å². The van der Waals surface area contributed by atoms with Crippen LogP contribution in [-0.2, 0) is 16.1 Å². The lowest BCUT2D eigenvalue weighted by atomic mass is 9.84. The average Bonchev–Trinajstić information content (AvgIpc) is 3.59. The van der Waals surface area contributed by atoms with E-state index in [1.54, 1.807) is 6.07 Å². The van der Waals surface area contributed by atoms with Crippen molar-refractivity contribution in [2.24, 2.45) is 11.7 Å². The Balaban J connectivity index is 1.61. The molecule has 2 aliphatic rings. The molecule has 0 aliphatic carbocycles. The summed E-state index contributed by atoms with van der Waals surface area (Å²) in [5.41, 5.74) is 6.50. The van der Waals surface area contributed by atoms with Crippen molar-refractivity contribution >= 4 is 11.9 Å². The molecule has 2 aliphatic heterocycles. The molecule has 3 atom stereocenters. The summed E-state index contributed by atoms with van der Waals surface area (Å²) in [5, 5.41) is 30.6. The maximum Gasteiger partial charge on any atom is 0.308 e. The number of carbonyl (C=O) groups is 2. The first kappa shape index (κ1) is 27.6. The summed E-state index contributed by atoms with van der Waals surface area (Å²) in [6.45, 7) is 4.52. The number of likely N-dealkylation sites (tertiary alicyclic amines) is 1. The van der Waals surface area contributed by atoms with Gasteiger partial charge >= 0.3 is 5.97 Å². The van der Waals surface area contributed by atoms with Gasteiger partial charge in [-0.1, -0.05) is 19.4 Å². The molecule has 3 heterocycles. The first-order chi connectivity index (χ1) is 18.3. The van der Waals surface area contributed by atoms with Gasteiger partial charge in [-0.3, -0.25) is 19.1 Å². The average molecular weight is 531 g/mol. The van der Waals surface area contributed by atoms with E-state index in [4.69, 9.17) is 15.2 Å². The van der Waals surface area contributed by atoms with Crippen molar-refractivity contribution in [2.45, 2.75) is 51.1 Å². The minimum absolute atomic E-state index is 0.0564. The molecular weight excluding hydrogens is 492 g/mol. The van der Waals surface area contributed by atoms with E-state index >= 15 is 0 Å². The van der Waals surface area contributed by atoms with Gasteiger partial charge in [0, 0.05) is 50.3 Å². The highest BCUT2D eigenvalue weighted by Gasteiger charge is 2.47. The number of nitrogens with two attached hydrogens (primary N) is 1. The third-order valence-corrected chi connectivity index (χ3v) is 7.55. The number of amides is 1. The number of aromatic nitrogens is 1. The predicted octanol–water partition coefficient (Wildman–Crippen LogP) is 2.16. The van der Waals surface area contributed by atoms with E-state index in [-0.39, 0.29) is 43.5 Å². The summed E-state index contributed by atoms with van der Waals surface area (Å²) in [5.74, 6) is -1.22. The number of hydrogen-bond acceptors (Lipinski definition) is 8. The second kappa shape index (κ2) is 12.4. The van der Waals surface area contributed by atoms with Crippen LogP contribution in [0.3, 0.4) is 0 Å². The van der Waals surface area contributed by atoms with E-state index < -0.39 is 17.9 Å². The lowest BCUT2D eigenvalue weighted by molar-refractivity contribution is -0.144. The fraction of sp³-hybridized carbons (Fsp3) is 0.556. The lowest BCUT2D eigenvalue weighted by Crippen LogP contribution is -2.45. The molecule has 1 aromatic carbocycles. The smallest absolute Gasteiger partial charge is 0.308 e. The molecule has 0 spiro atoms. The summed E-state index contributed by atoms with van der Waals surface area (Å²) < 4.78 is 12.3. The van der Waals surface area contributed by atoms with Crippen molar-refractivity contribution in [3.05, 3.63) is 35.9 Å². The molecule has 208 valence electrons. The Labute approximate surface area is 222 Å². The normalized spacial score (nSPS) is 20.6. The van der Waals surface area contributed by atoms with Crippen LogP contribution >= 0.6 is 0 Å². The van der Waals surface area contributed by atoms with Gasteiger partial charge in [0.05, 0.1) is 12.5 Å². The highest BCUT2D eigenvalue weighted by Crippen LogP contribution is 2.43. The highest BCUT2D eigenvalue weighted by atomic mass is 16.7. The number of ether oxygens (including phenoxy) is 2. The highest BCUT2D eigenvalue weighted by molar-refractivity contribution is 5.79. The maximum absolute atomic E-state index is 13.4. The number of aliphatic carboxylic acids is 1.